The number of furan rings is 1. The second-order valence-corrected chi connectivity index (χ2v) is 8.42. The zero-order chi connectivity index (χ0) is 24.5. The van der Waals surface area contributed by atoms with Gasteiger partial charge in [0.2, 0.25) is 5.76 Å². The number of fused-ring (bicyclic) bond motifs is 1. The number of hydrogen-bond donors (Lipinski definition) is 2. The van der Waals surface area contributed by atoms with Crippen molar-refractivity contribution in [2.75, 3.05) is 10.6 Å². The van der Waals surface area contributed by atoms with Gasteiger partial charge in [-0.2, -0.15) is 0 Å². The summed E-state index contributed by atoms with van der Waals surface area (Å²) in [6.45, 7) is 5.63. The van der Waals surface area contributed by atoms with E-state index < -0.39 is 11.8 Å². The molecule has 0 aliphatic rings. The summed E-state index contributed by atoms with van der Waals surface area (Å²) in [6.07, 6.45) is 0. The summed E-state index contributed by atoms with van der Waals surface area (Å²) < 4.78 is 11.4. The normalized spacial score (nSPS) is 10.9. The van der Waals surface area contributed by atoms with Crippen molar-refractivity contribution in [3.05, 3.63) is 101 Å². The molecule has 0 unspecified atom stereocenters. The molecule has 0 spiro atoms. The lowest BCUT2D eigenvalue weighted by molar-refractivity contribution is 0.0999. The van der Waals surface area contributed by atoms with Crippen LogP contribution in [0.1, 0.15) is 37.7 Å². The number of nitrogens with one attached hydrogen (secondary N) is 2. The summed E-state index contributed by atoms with van der Waals surface area (Å²) >= 11 is 0. The Morgan fingerprint density at radius 3 is 2.34 bits per heavy atom. The minimum absolute atomic E-state index is 0.00653. The van der Waals surface area contributed by atoms with E-state index in [0.29, 0.717) is 33.7 Å². The molecule has 2 N–H and O–H groups in total. The van der Waals surface area contributed by atoms with Crippen LogP contribution in [0.5, 0.6) is 0 Å². The molecule has 0 saturated heterocycles. The van der Waals surface area contributed by atoms with Crippen LogP contribution < -0.4 is 10.6 Å². The van der Waals surface area contributed by atoms with Crippen molar-refractivity contribution in [3.63, 3.8) is 0 Å². The molecular weight excluding hydrogens is 442 g/mol. The Morgan fingerprint density at radius 1 is 0.800 bits per heavy atom. The highest BCUT2D eigenvalue weighted by Gasteiger charge is 2.27. The van der Waals surface area contributed by atoms with Gasteiger partial charge in [0, 0.05) is 16.6 Å². The van der Waals surface area contributed by atoms with Gasteiger partial charge in [0.1, 0.15) is 16.8 Å². The van der Waals surface area contributed by atoms with Gasteiger partial charge < -0.3 is 19.6 Å². The Morgan fingerprint density at radius 2 is 1.57 bits per heavy atom. The molecule has 2 heterocycles. The first-order chi connectivity index (χ1) is 16.9. The predicted molar refractivity (Wildman–Crippen MR) is 135 cm³/mol. The van der Waals surface area contributed by atoms with Crippen LogP contribution in [0.2, 0.25) is 0 Å². The van der Waals surface area contributed by atoms with E-state index in [2.05, 4.69) is 15.8 Å². The van der Waals surface area contributed by atoms with Gasteiger partial charge >= 0.3 is 0 Å². The summed E-state index contributed by atoms with van der Waals surface area (Å²) in [5.41, 5.74) is 4.96. The molecule has 2 aromatic heterocycles. The van der Waals surface area contributed by atoms with Gasteiger partial charge in [0.15, 0.2) is 5.76 Å². The van der Waals surface area contributed by atoms with Gasteiger partial charge in [-0.3, -0.25) is 9.59 Å². The molecule has 0 atom stereocenters. The van der Waals surface area contributed by atoms with Crippen molar-refractivity contribution in [1.82, 2.24) is 5.16 Å². The van der Waals surface area contributed by atoms with Crippen LogP contribution in [-0.2, 0) is 0 Å². The molecule has 0 aliphatic heterocycles. The van der Waals surface area contributed by atoms with E-state index in [9.17, 15) is 9.59 Å². The lowest BCUT2D eigenvalue weighted by atomic mass is 10.0. The molecule has 35 heavy (non-hydrogen) atoms. The fourth-order valence-electron chi connectivity index (χ4n) is 3.96. The molecule has 0 radical (unpaired) electrons. The second-order valence-electron chi connectivity index (χ2n) is 8.42. The summed E-state index contributed by atoms with van der Waals surface area (Å²) in [5.74, 6) is -0.552. The Balaban J connectivity index is 1.52. The van der Waals surface area contributed by atoms with E-state index in [-0.39, 0.29) is 11.4 Å². The zero-order valence-electron chi connectivity index (χ0n) is 19.5. The summed E-state index contributed by atoms with van der Waals surface area (Å²) in [7, 11) is 0. The lowest BCUT2D eigenvalue weighted by Crippen LogP contribution is -2.18. The van der Waals surface area contributed by atoms with E-state index in [4.69, 9.17) is 8.94 Å². The average molecular weight is 466 g/mol. The molecule has 7 heteroatoms. The Bertz CT molecular complexity index is 1560. The molecule has 174 valence electrons. The first kappa shape index (κ1) is 22.2. The minimum atomic E-state index is -0.470. The highest BCUT2D eigenvalue weighted by molar-refractivity contribution is 6.18. The average Bonchev–Trinajstić information content (AvgIpc) is 3.40. The Labute approximate surface area is 201 Å². The maximum Gasteiger partial charge on any atom is 0.293 e. The zero-order valence-corrected chi connectivity index (χ0v) is 19.5. The molecule has 5 rings (SSSR count). The smallest absolute Gasteiger partial charge is 0.293 e. The number of amides is 2. The molecule has 0 fully saturated rings. The summed E-state index contributed by atoms with van der Waals surface area (Å²) in [5, 5.41) is 10.4. The van der Waals surface area contributed by atoms with E-state index in [1.165, 1.54) is 0 Å². The van der Waals surface area contributed by atoms with Gasteiger partial charge in [0.05, 0.1) is 5.69 Å². The summed E-state index contributed by atoms with van der Waals surface area (Å²) in [4.78, 5) is 26.7. The van der Waals surface area contributed by atoms with E-state index in [1.54, 1.807) is 31.2 Å². The third kappa shape index (κ3) is 4.31. The molecule has 7 nitrogen and oxygen atoms in total. The number of carbonyl (C=O) groups is 2. The van der Waals surface area contributed by atoms with E-state index in [0.717, 1.165) is 16.7 Å². The quantitative estimate of drug-likeness (QED) is 0.308. The molecule has 5 aromatic rings. The van der Waals surface area contributed by atoms with Crippen LogP contribution in [0.4, 0.5) is 11.4 Å². The first-order valence-electron chi connectivity index (χ1n) is 11.1. The van der Waals surface area contributed by atoms with Gasteiger partial charge in [-0.1, -0.05) is 59.3 Å². The topological polar surface area (TPSA) is 97.4 Å². The number of benzene rings is 3. The predicted octanol–water partition coefficient (Wildman–Crippen LogP) is 6.52. The maximum atomic E-state index is 13.5. The van der Waals surface area contributed by atoms with Gasteiger partial charge in [-0.05, 0) is 50.6 Å². The van der Waals surface area contributed by atoms with Crippen molar-refractivity contribution in [3.8, 4) is 11.3 Å². The fourth-order valence-corrected chi connectivity index (χ4v) is 3.96. The SMILES string of the molecule is Cc1ccc(-c2onc(C)c2C(=O)Nc2c(C(=O)Nc3cccc(C)c3)oc3ccccc23)cc1. The highest BCUT2D eigenvalue weighted by Crippen LogP contribution is 2.33. The largest absolute Gasteiger partial charge is 0.449 e. The number of carbonyl (C=O) groups excluding carboxylic acids is 2. The number of nitrogens with zero attached hydrogens (tertiary/aromatic N) is 1. The third-order valence-electron chi connectivity index (χ3n) is 5.72. The number of aromatic nitrogens is 1. The Kier molecular flexibility index (Phi) is 5.66. The van der Waals surface area contributed by atoms with Crippen LogP contribution in [0, 0.1) is 20.8 Å². The highest BCUT2D eigenvalue weighted by atomic mass is 16.5. The maximum absolute atomic E-state index is 13.5. The van der Waals surface area contributed by atoms with Crippen LogP contribution in [-0.4, -0.2) is 17.0 Å². The van der Waals surface area contributed by atoms with Crippen molar-refractivity contribution in [2.45, 2.75) is 20.8 Å². The van der Waals surface area contributed by atoms with Crippen molar-refractivity contribution < 1.29 is 18.5 Å². The number of rotatable bonds is 5. The van der Waals surface area contributed by atoms with Crippen LogP contribution in [0.25, 0.3) is 22.3 Å². The van der Waals surface area contributed by atoms with Gasteiger partial charge in [-0.25, -0.2) is 0 Å². The molecule has 0 aliphatic carbocycles. The van der Waals surface area contributed by atoms with Crippen LogP contribution in [0.3, 0.4) is 0 Å². The Hall–Kier alpha value is -4.65. The van der Waals surface area contributed by atoms with E-state index in [1.807, 2.05) is 62.4 Å². The molecule has 0 bridgehead atoms. The lowest BCUT2D eigenvalue weighted by Gasteiger charge is -2.08. The van der Waals surface area contributed by atoms with Gasteiger partial charge in [0.25, 0.3) is 11.8 Å². The summed E-state index contributed by atoms with van der Waals surface area (Å²) in [6, 6.07) is 22.2. The molecule has 2 amide bonds. The van der Waals surface area contributed by atoms with Crippen LogP contribution in [0.15, 0.2) is 81.7 Å². The number of para-hydroxylation sites is 1. The van der Waals surface area contributed by atoms with Crippen molar-refractivity contribution in [1.29, 1.82) is 0 Å². The minimum Gasteiger partial charge on any atom is -0.449 e. The third-order valence-corrected chi connectivity index (χ3v) is 5.72. The number of anilines is 2. The second kappa shape index (κ2) is 8.95. The monoisotopic (exact) mass is 465 g/mol. The molecular formula is C28H23N3O4. The van der Waals surface area contributed by atoms with Crippen molar-refractivity contribution >= 4 is 34.2 Å². The van der Waals surface area contributed by atoms with Crippen molar-refractivity contribution in [2.24, 2.45) is 0 Å². The number of aryl methyl sites for hydroxylation is 3. The molecule has 3 aromatic carbocycles. The first-order valence-corrected chi connectivity index (χ1v) is 11.1. The standard InChI is InChI=1S/C28H23N3O4/c1-16-11-13-19(14-12-16)25-23(18(3)31-35-25)27(32)30-24-21-9-4-5-10-22(21)34-26(24)28(33)29-20-8-6-7-17(2)15-20/h4-15H,1-3H3,(H,29,33)(H,30,32). The number of hydrogen-bond acceptors (Lipinski definition) is 5. The van der Waals surface area contributed by atoms with E-state index >= 15 is 0 Å². The fraction of sp³-hybridized carbons (Fsp3) is 0.107. The molecule has 0 saturated carbocycles. The van der Waals surface area contributed by atoms with Gasteiger partial charge in [-0.15, -0.1) is 0 Å². The van der Waals surface area contributed by atoms with Crippen LogP contribution >= 0.6 is 0 Å².